The van der Waals surface area contributed by atoms with E-state index in [1.807, 2.05) is 19.1 Å². The second-order valence-electron chi connectivity index (χ2n) is 10.2. The monoisotopic (exact) mass is 438 g/mol. The molecule has 6 aliphatic rings. The van der Waals surface area contributed by atoms with E-state index in [2.05, 4.69) is 17.5 Å². The van der Waals surface area contributed by atoms with Gasteiger partial charge in [-0.2, -0.15) is 0 Å². The van der Waals surface area contributed by atoms with E-state index in [4.69, 9.17) is 11.6 Å². The van der Waals surface area contributed by atoms with E-state index in [0.717, 1.165) is 5.56 Å². The molecule has 1 aromatic rings. The van der Waals surface area contributed by atoms with Gasteiger partial charge in [0.05, 0.1) is 11.8 Å². The van der Waals surface area contributed by atoms with Crippen LogP contribution in [0.2, 0.25) is 5.02 Å². The number of nitrogens with one attached hydrogen (secondary N) is 1. The highest BCUT2D eigenvalue weighted by Crippen LogP contribution is 2.65. The number of carbonyl (C=O) groups is 3. The Labute approximate surface area is 187 Å². The fourth-order valence-corrected chi connectivity index (χ4v) is 7.03. The number of anilines is 1. The van der Waals surface area contributed by atoms with Crippen LogP contribution >= 0.6 is 11.6 Å². The van der Waals surface area contributed by atoms with E-state index >= 15 is 0 Å². The van der Waals surface area contributed by atoms with Crippen LogP contribution in [0, 0.1) is 48.3 Å². The van der Waals surface area contributed by atoms with Crippen LogP contribution in [0.1, 0.15) is 37.7 Å². The van der Waals surface area contributed by atoms with Gasteiger partial charge in [0, 0.05) is 22.7 Å². The molecule has 5 aliphatic carbocycles. The van der Waals surface area contributed by atoms with Gasteiger partial charge in [-0.3, -0.25) is 19.3 Å². The average molecular weight is 439 g/mol. The molecular weight excluding hydrogens is 412 g/mol. The van der Waals surface area contributed by atoms with E-state index < -0.39 is 0 Å². The Balaban J connectivity index is 1.11. The van der Waals surface area contributed by atoms with E-state index in [9.17, 15) is 14.4 Å². The van der Waals surface area contributed by atoms with Crippen LogP contribution in [-0.4, -0.2) is 28.7 Å². The maximum atomic E-state index is 13.3. The van der Waals surface area contributed by atoms with Crippen LogP contribution in [0.25, 0.3) is 0 Å². The van der Waals surface area contributed by atoms with Crippen molar-refractivity contribution in [1.29, 1.82) is 0 Å². The third kappa shape index (κ3) is 2.92. The van der Waals surface area contributed by atoms with Crippen LogP contribution < -0.4 is 5.32 Å². The summed E-state index contributed by atoms with van der Waals surface area (Å²) >= 11 is 6.17. The summed E-state index contributed by atoms with van der Waals surface area (Å²) in [6.45, 7) is 1.93. The van der Waals surface area contributed by atoms with Crippen LogP contribution in [0.15, 0.2) is 30.4 Å². The molecule has 1 aliphatic heterocycles. The Hall–Kier alpha value is -2.14. The van der Waals surface area contributed by atoms with Crippen molar-refractivity contribution >= 4 is 35.0 Å². The minimum atomic E-state index is -0.126. The first-order valence-corrected chi connectivity index (χ1v) is 11.9. The molecule has 6 heteroatoms. The molecule has 31 heavy (non-hydrogen) atoms. The molecule has 3 saturated carbocycles. The van der Waals surface area contributed by atoms with Gasteiger partial charge in [0.15, 0.2) is 0 Å². The summed E-state index contributed by atoms with van der Waals surface area (Å²) in [5.41, 5.74) is 1.68. The van der Waals surface area contributed by atoms with Crippen LogP contribution in [0.3, 0.4) is 0 Å². The highest BCUT2D eigenvalue weighted by Gasteiger charge is 2.67. The number of likely N-dealkylation sites (tertiary alicyclic amines) is 1. The number of hydrogen-bond donors (Lipinski definition) is 1. The smallest absolute Gasteiger partial charge is 0.233 e. The second kappa shape index (κ2) is 6.93. The number of halogens is 1. The summed E-state index contributed by atoms with van der Waals surface area (Å²) in [6, 6.07) is 5.47. The van der Waals surface area contributed by atoms with Crippen molar-refractivity contribution in [3.63, 3.8) is 0 Å². The summed E-state index contributed by atoms with van der Waals surface area (Å²) in [6.07, 6.45) is 8.42. The Bertz CT molecular complexity index is 976. The van der Waals surface area contributed by atoms with Crippen molar-refractivity contribution in [3.8, 4) is 0 Å². The number of nitrogens with zero attached hydrogens (tertiary/aromatic N) is 1. The van der Waals surface area contributed by atoms with Crippen molar-refractivity contribution in [2.45, 2.75) is 45.1 Å². The lowest BCUT2D eigenvalue weighted by Crippen LogP contribution is -2.44. The molecule has 0 unspecified atom stereocenters. The molecule has 0 radical (unpaired) electrons. The number of imide groups is 1. The zero-order valence-corrected chi connectivity index (χ0v) is 18.3. The third-order valence-corrected chi connectivity index (χ3v) is 8.98. The summed E-state index contributed by atoms with van der Waals surface area (Å²) in [7, 11) is 0. The molecule has 7 rings (SSSR count). The Morgan fingerprint density at radius 1 is 1.00 bits per heavy atom. The molecule has 3 amide bonds. The molecule has 162 valence electrons. The number of benzene rings is 1. The van der Waals surface area contributed by atoms with Crippen molar-refractivity contribution < 1.29 is 14.4 Å². The largest absolute Gasteiger partial charge is 0.326 e. The lowest BCUT2D eigenvalue weighted by Gasteiger charge is -2.37. The summed E-state index contributed by atoms with van der Waals surface area (Å²) in [5.74, 6) is 1.55. The lowest BCUT2D eigenvalue weighted by molar-refractivity contribution is -0.144. The fraction of sp³-hybridized carbons (Fsp3) is 0.560. The van der Waals surface area contributed by atoms with Crippen molar-refractivity contribution in [2.75, 3.05) is 5.32 Å². The van der Waals surface area contributed by atoms with Gasteiger partial charge in [0.1, 0.15) is 0 Å². The van der Waals surface area contributed by atoms with Gasteiger partial charge in [-0.25, -0.2) is 0 Å². The standard InChI is InChI=1S/C25H27ClN2O3/c1-12-2-5-14(10-20(12)26)27-23(29)13-3-6-15(7-4-13)28-24(30)21-16-8-9-17(19-11-18(16)19)22(21)25(28)31/h2,5,8-10,13,15-19,21-22H,3-4,6-7,11H2,1H3,(H,27,29)/t13?,15?,16-,17+,18-,19-,21+,22+/m1/s1. The zero-order chi connectivity index (χ0) is 21.4. The first-order valence-electron chi connectivity index (χ1n) is 11.6. The van der Waals surface area contributed by atoms with Gasteiger partial charge in [0.2, 0.25) is 17.7 Å². The van der Waals surface area contributed by atoms with Gasteiger partial charge in [-0.05, 0) is 80.4 Å². The van der Waals surface area contributed by atoms with Crippen molar-refractivity contribution in [2.24, 2.45) is 41.4 Å². The number of amides is 3. The summed E-state index contributed by atoms with van der Waals surface area (Å²) in [5, 5.41) is 3.61. The minimum Gasteiger partial charge on any atom is -0.326 e. The number of carbonyl (C=O) groups excluding carboxylic acids is 3. The zero-order valence-electron chi connectivity index (χ0n) is 17.6. The van der Waals surface area contributed by atoms with Gasteiger partial charge in [-0.1, -0.05) is 29.8 Å². The highest BCUT2D eigenvalue weighted by atomic mass is 35.5. The Kier molecular flexibility index (Phi) is 4.37. The third-order valence-electron chi connectivity index (χ3n) is 8.57. The predicted octanol–water partition coefficient (Wildman–Crippen LogP) is 4.20. The predicted molar refractivity (Wildman–Crippen MR) is 117 cm³/mol. The topological polar surface area (TPSA) is 66.5 Å². The first kappa shape index (κ1) is 19.5. The van der Waals surface area contributed by atoms with Crippen LogP contribution in [0.4, 0.5) is 5.69 Å². The molecule has 5 nitrogen and oxygen atoms in total. The van der Waals surface area contributed by atoms with Crippen molar-refractivity contribution in [3.05, 3.63) is 40.9 Å². The highest BCUT2D eigenvalue weighted by molar-refractivity contribution is 6.31. The maximum absolute atomic E-state index is 13.3. The molecule has 1 saturated heterocycles. The maximum Gasteiger partial charge on any atom is 0.233 e. The Morgan fingerprint density at radius 2 is 1.61 bits per heavy atom. The normalized spacial score (nSPS) is 40.0. The molecule has 2 bridgehead atoms. The van der Waals surface area contributed by atoms with Gasteiger partial charge in [-0.15, -0.1) is 0 Å². The SMILES string of the molecule is Cc1ccc(NC(=O)C2CCC(N3C(=O)[C@H]4[C@@H]5C=C[C@@H]([C@H]6C[C@H]56)[C@@H]4C3=O)CC2)cc1Cl. The Morgan fingerprint density at radius 3 is 2.19 bits per heavy atom. The van der Waals surface area contributed by atoms with Crippen LogP contribution in [0.5, 0.6) is 0 Å². The average Bonchev–Trinajstić information content (AvgIpc) is 3.54. The van der Waals surface area contributed by atoms with Gasteiger partial charge in [0.25, 0.3) is 0 Å². The van der Waals surface area contributed by atoms with Crippen molar-refractivity contribution in [1.82, 2.24) is 4.90 Å². The number of rotatable bonds is 3. The van der Waals surface area contributed by atoms with E-state index in [0.29, 0.717) is 48.2 Å². The summed E-state index contributed by atoms with van der Waals surface area (Å²) in [4.78, 5) is 41.0. The minimum absolute atomic E-state index is 0.00607. The number of allylic oxidation sites excluding steroid dienone is 2. The van der Waals surface area contributed by atoms with E-state index in [1.54, 1.807) is 11.0 Å². The molecule has 0 spiro atoms. The van der Waals surface area contributed by atoms with Gasteiger partial charge >= 0.3 is 0 Å². The second-order valence-corrected chi connectivity index (χ2v) is 10.6. The molecule has 0 aromatic heterocycles. The lowest BCUT2D eigenvalue weighted by atomic mass is 9.63. The summed E-state index contributed by atoms with van der Waals surface area (Å²) < 4.78 is 0. The van der Waals surface area contributed by atoms with Crippen LogP contribution in [-0.2, 0) is 14.4 Å². The molecule has 1 aromatic carbocycles. The quantitative estimate of drug-likeness (QED) is 0.568. The number of hydrogen-bond acceptors (Lipinski definition) is 3. The van der Waals surface area contributed by atoms with E-state index in [1.165, 1.54) is 6.42 Å². The first-order chi connectivity index (χ1) is 14.9. The van der Waals surface area contributed by atoms with E-state index in [-0.39, 0.29) is 53.4 Å². The number of aryl methyl sites for hydroxylation is 1. The molecular formula is C25H27ClN2O3. The molecule has 1 heterocycles. The molecule has 4 fully saturated rings. The molecule has 1 N–H and O–H groups in total. The van der Waals surface area contributed by atoms with Gasteiger partial charge < -0.3 is 5.32 Å². The fourth-order valence-electron chi connectivity index (χ4n) is 6.85. The molecule has 6 atom stereocenters.